The number of allylic oxidation sites excluding steroid dienone is 4. The number of aliphatic hydroxyl groups excluding tert-OH is 1. The Morgan fingerprint density at radius 2 is 1.44 bits per heavy atom. The average Bonchev–Trinajstić information content (AvgIpc) is 2.68. The molecule has 0 aromatic carbocycles. The van der Waals surface area contributed by atoms with E-state index in [0.717, 1.165) is 25.7 Å². The monoisotopic (exact) mass is 444 g/mol. The zero-order valence-electron chi connectivity index (χ0n) is 18.2. The topological polar surface area (TPSA) is 108 Å². The summed E-state index contributed by atoms with van der Waals surface area (Å²) in [4.78, 5) is 37.4. The van der Waals surface area contributed by atoms with Crippen molar-refractivity contribution in [2.75, 3.05) is 0 Å². The van der Waals surface area contributed by atoms with Gasteiger partial charge in [0.25, 0.3) is 5.79 Å². The van der Waals surface area contributed by atoms with E-state index in [1.54, 1.807) is 0 Å². The maximum atomic E-state index is 12.7. The lowest BCUT2D eigenvalue weighted by Gasteiger charge is -2.59. The van der Waals surface area contributed by atoms with Crippen LogP contribution >= 0.6 is 0 Å². The minimum absolute atomic E-state index is 0.0977. The van der Waals surface area contributed by atoms with Gasteiger partial charge in [0.15, 0.2) is 6.29 Å². The number of carbonyl (C=O) groups is 3. The van der Waals surface area contributed by atoms with Crippen LogP contribution in [-0.4, -0.2) is 40.9 Å². The number of rotatable bonds is 3. The highest BCUT2D eigenvalue weighted by molar-refractivity contribution is 6.15. The maximum absolute atomic E-state index is 12.7. The Kier molecular flexibility index (Phi) is 5.05. The van der Waals surface area contributed by atoms with Crippen molar-refractivity contribution < 1.29 is 38.4 Å². The van der Waals surface area contributed by atoms with Crippen LogP contribution in [0.25, 0.3) is 0 Å². The highest BCUT2D eigenvalue weighted by atomic mass is 16.8. The molecule has 8 heteroatoms. The summed E-state index contributed by atoms with van der Waals surface area (Å²) < 4.78 is 22.0. The average molecular weight is 444 g/mol. The third kappa shape index (κ3) is 3.59. The highest BCUT2D eigenvalue weighted by Gasteiger charge is 2.64. The van der Waals surface area contributed by atoms with Crippen LogP contribution in [0.3, 0.4) is 0 Å². The molecule has 2 aliphatic heterocycles. The Bertz CT molecular complexity index is 876. The van der Waals surface area contributed by atoms with E-state index in [1.165, 1.54) is 50.6 Å². The van der Waals surface area contributed by atoms with Crippen LogP contribution < -0.4 is 0 Å². The molecule has 32 heavy (non-hydrogen) atoms. The summed E-state index contributed by atoms with van der Waals surface area (Å²) in [5.74, 6) is -3.63. The molecule has 0 aromatic heterocycles. The van der Waals surface area contributed by atoms with Crippen LogP contribution in [0.4, 0.5) is 0 Å². The molecule has 6 rings (SSSR count). The van der Waals surface area contributed by atoms with Crippen LogP contribution in [0.1, 0.15) is 46.0 Å². The number of esters is 3. The van der Waals surface area contributed by atoms with E-state index in [-0.39, 0.29) is 17.4 Å². The summed E-state index contributed by atoms with van der Waals surface area (Å²) in [7, 11) is 0. The largest absolute Gasteiger partial charge is 0.433 e. The van der Waals surface area contributed by atoms with Gasteiger partial charge in [-0.15, -0.1) is 0 Å². The van der Waals surface area contributed by atoms with Gasteiger partial charge in [-0.05, 0) is 50.0 Å². The van der Waals surface area contributed by atoms with Gasteiger partial charge in [0, 0.05) is 25.7 Å². The van der Waals surface area contributed by atoms with E-state index in [4.69, 9.17) is 18.9 Å². The first-order valence-corrected chi connectivity index (χ1v) is 11.3. The van der Waals surface area contributed by atoms with Crippen molar-refractivity contribution in [1.29, 1.82) is 0 Å². The summed E-state index contributed by atoms with van der Waals surface area (Å²) in [6.07, 6.45) is 11.0. The second-order valence-corrected chi connectivity index (χ2v) is 10.0. The molecule has 2 saturated heterocycles. The van der Waals surface area contributed by atoms with Crippen molar-refractivity contribution in [3.05, 3.63) is 36.0 Å². The fourth-order valence-corrected chi connectivity index (χ4v) is 6.20. The van der Waals surface area contributed by atoms with E-state index in [0.29, 0.717) is 11.8 Å². The standard InChI is InChI=1S/C24H28O8/c1-23(2)29-19(25)17(20(26)30-23)6-4-3-5-7-18-21(27)31-24(32-22(18)28)15-9-13-8-14(11-15)12-16(24)10-13/h3-7,13-17,19,25H,8-12H2,1-2H3. The van der Waals surface area contributed by atoms with Crippen molar-refractivity contribution in [3.8, 4) is 0 Å². The van der Waals surface area contributed by atoms with E-state index < -0.39 is 41.7 Å². The zero-order valence-corrected chi connectivity index (χ0v) is 18.2. The molecule has 4 saturated carbocycles. The summed E-state index contributed by atoms with van der Waals surface area (Å²) in [5.41, 5.74) is -0.156. The first-order chi connectivity index (χ1) is 15.2. The van der Waals surface area contributed by atoms with Crippen LogP contribution in [0.2, 0.25) is 0 Å². The molecular formula is C24H28O8. The smallest absolute Gasteiger partial charge is 0.348 e. The lowest BCUT2D eigenvalue weighted by molar-refractivity contribution is -0.313. The number of hydrogen-bond donors (Lipinski definition) is 1. The second kappa shape index (κ2) is 7.56. The van der Waals surface area contributed by atoms with Gasteiger partial charge >= 0.3 is 17.9 Å². The van der Waals surface area contributed by atoms with Crippen molar-refractivity contribution in [2.45, 2.75) is 63.8 Å². The predicted octanol–water partition coefficient (Wildman–Crippen LogP) is 2.52. The number of ether oxygens (including phenoxy) is 4. The molecule has 172 valence electrons. The van der Waals surface area contributed by atoms with Crippen LogP contribution in [0.5, 0.6) is 0 Å². The summed E-state index contributed by atoms with van der Waals surface area (Å²) in [6.45, 7) is 3.08. The quantitative estimate of drug-likeness (QED) is 0.306. The molecule has 0 radical (unpaired) electrons. The van der Waals surface area contributed by atoms with Gasteiger partial charge < -0.3 is 24.1 Å². The fourth-order valence-electron chi connectivity index (χ4n) is 6.20. The molecule has 1 N–H and O–H groups in total. The van der Waals surface area contributed by atoms with Crippen molar-refractivity contribution >= 4 is 17.9 Å². The van der Waals surface area contributed by atoms with Crippen LogP contribution in [-0.2, 0) is 33.3 Å². The second-order valence-electron chi connectivity index (χ2n) is 10.0. The van der Waals surface area contributed by atoms with Crippen LogP contribution in [0.15, 0.2) is 36.0 Å². The van der Waals surface area contributed by atoms with Crippen molar-refractivity contribution in [2.24, 2.45) is 29.6 Å². The van der Waals surface area contributed by atoms with Crippen molar-refractivity contribution in [1.82, 2.24) is 0 Å². The molecule has 0 aromatic rings. The van der Waals surface area contributed by atoms with E-state index in [9.17, 15) is 19.5 Å². The molecule has 2 atom stereocenters. The third-order valence-electron chi connectivity index (χ3n) is 7.35. The van der Waals surface area contributed by atoms with Gasteiger partial charge in [0.1, 0.15) is 11.5 Å². The Balaban J connectivity index is 1.24. The number of hydrogen-bond acceptors (Lipinski definition) is 8. The van der Waals surface area contributed by atoms with E-state index in [2.05, 4.69) is 0 Å². The Labute approximate surface area is 186 Å². The lowest BCUT2D eigenvalue weighted by Crippen LogP contribution is -2.63. The molecule has 6 fully saturated rings. The van der Waals surface area contributed by atoms with Gasteiger partial charge in [0.2, 0.25) is 5.79 Å². The molecule has 0 amide bonds. The highest BCUT2D eigenvalue weighted by Crippen LogP contribution is 2.60. The Morgan fingerprint density at radius 1 is 0.844 bits per heavy atom. The predicted molar refractivity (Wildman–Crippen MR) is 109 cm³/mol. The van der Waals surface area contributed by atoms with Gasteiger partial charge in [-0.1, -0.05) is 24.3 Å². The van der Waals surface area contributed by atoms with E-state index >= 15 is 0 Å². The fraction of sp³-hybridized carbons (Fsp3) is 0.625. The minimum atomic E-state index is -1.32. The number of carbonyl (C=O) groups excluding carboxylic acids is 3. The number of cyclic esters (lactones) is 1. The van der Waals surface area contributed by atoms with Crippen LogP contribution in [0, 0.1) is 29.6 Å². The SMILES string of the molecule is CC1(C)OC(=O)C(C=CC=CC=C2C(=O)OC3(OC2=O)C2CC4CC(C2)CC3C4)C(O)O1. The molecule has 4 aliphatic carbocycles. The maximum Gasteiger partial charge on any atom is 0.348 e. The molecular weight excluding hydrogens is 416 g/mol. The molecule has 2 heterocycles. The zero-order chi connectivity index (χ0) is 22.7. The number of aliphatic hydroxyl groups is 1. The Hall–Kier alpha value is -2.45. The van der Waals surface area contributed by atoms with Gasteiger partial charge in [-0.3, -0.25) is 4.79 Å². The first-order valence-electron chi connectivity index (χ1n) is 11.3. The van der Waals surface area contributed by atoms with Gasteiger partial charge in [0.05, 0.1) is 0 Å². The van der Waals surface area contributed by atoms with Gasteiger partial charge in [-0.2, -0.15) is 0 Å². The molecule has 8 nitrogen and oxygen atoms in total. The van der Waals surface area contributed by atoms with E-state index in [1.807, 2.05) is 0 Å². The minimum Gasteiger partial charge on any atom is -0.433 e. The lowest BCUT2D eigenvalue weighted by atomic mass is 9.53. The Morgan fingerprint density at radius 3 is 2.00 bits per heavy atom. The molecule has 2 unspecified atom stereocenters. The summed E-state index contributed by atoms with van der Waals surface area (Å²) in [6, 6.07) is 0. The molecule has 4 bridgehead atoms. The van der Waals surface area contributed by atoms with Crippen molar-refractivity contribution in [3.63, 3.8) is 0 Å². The third-order valence-corrected chi connectivity index (χ3v) is 7.35. The molecule has 1 spiro atoms. The van der Waals surface area contributed by atoms with Gasteiger partial charge in [-0.25, -0.2) is 9.59 Å². The summed E-state index contributed by atoms with van der Waals surface area (Å²) >= 11 is 0. The summed E-state index contributed by atoms with van der Waals surface area (Å²) in [5, 5.41) is 9.98. The first kappa shape index (κ1) is 21.4. The molecule has 6 aliphatic rings. The normalized spacial score (nSPS) is 42.5.